The first-order valence-electron chi connectivity index (χ1n) is 7.65. The van der Waals surface area contributed by atoms with Crippen LogP contribution in [0.4, 0.5) is 0 Å². The van der Waals surface area contributed by atoms with Gasteiger partial charge in [0.2, 0.25) is 0 Å². The van der Waals surface area contributed by atoms with Crippen LogP contribution in [0.1, 0.15) is 43.3 Å². The first kappa shape index (κ1) is 16.1. The highest BCUT2D eigenvalue weighted by atomic mass is 35.5. The summed E-state index contributed by atoms with van der Waals surface area (Å²) < 4.78 is 2.18. The lowest BCUT2D eigenvalue weighted by atomic mass is 10.0. The summed E-state index contributed by atoms with van der Waals surface area (Å²) in [5, 5.41) is 4.47. The Kier molecular flexibility index (Phi) is 5.83. The molecule has 1 aromatic heterocycles. The fourth-order valence-electron chi connectivity index (χ4n) is 2.55. The summed E-state index contributed by atoms with van der Waals surface area (Å²) in [5.41, 5.74) is 2.28. The monoisotopic (exact) mass is 305 g/mol. The second-order valence-electron chi connectivity index (χ2n) is 5.32. The zero-order chi connectivity index (χ0) is 15.2. The summed E-state index contributed by atoms with van der Waals surface area (Å²) in [5.74, 6) is 1.10. The molecule has 0 bridgehead atoms. The Hall–Kier alpha value is -1.32. The summed E-state index contributed by atoms with van der Waals surface area (Å²) in [4.78, 5) is 4.49. The molecule has 0 aliphatic rings. The number of hydrogen-bond acceptors (Lipinski definition) is 2. The van der Waals surface area contributed by atoms with Gasteiger partial charge in [0.05, 0.1) is 0 Å². The molecule has 2 aromatic rings. The number of benzene rings is 1. The molecule has 114 valence electrons. The molecule has 2 rings (SSSR count). The lowest BCUT2D eigenvalue weighted by molar-refractivity contribution is 0.506. The van der Waals surface area contributed by atoms with E-state index in [1.165, 1.54) is 0 Å². The molecule has 1 heterocycles. The molecule has 1 atom stereocenters. The molecule has 1 unspecified atom stereocenters. The van der Waals surface area contributed by atoms with E-state index in [2.05, 4.69) is 53.8 Å². The summed E-state index contributed by atoms with van der Waals surface area (Å²) >= 11 is 6.51. The Morgan fingerprint density at radius 2 is 2.14 bits per heavy atom. The number of aryl methyl sites for hydroxylation is 2. The molecule has 0 spiro atoms. The van der Waals surface area contributed by atoms with E-state index in [0.717, 1.165) is 47.9 Å². The number of aromatic nitrogens is 2. The van der Waals surface area contributed by atoms with Crippen LogP contribution in [-0.4, -0.2) is 16.1 Å². The molecule has 0 amide bonds. The number of nitrogens with zero attached hydrogens (tertiary/aromatic N) is 2. The van der Waals surface area contributed by atoms with Crippen molar-refractivity contribution < 1.29 is 0 Å². The maximum absolute atomic E-state index is 6.51. The molecule has 0 radical (unpaired) electrons. The summed E-state index contributed by atoms with van der Waals surface area (Å²) in [7, 11) is 0. The number of rotatable bonds is 7. The van der Waals surface area contributed by atoms with E-state index in [-0.39, 0.29) is 6.04 Å². The molecule has 0 saturated heterocycles. The second-order valence-corrected chi connectivity index (χ2v) is 5.70. The number of hydrogen-bond donors (Lipinski definition) is 1. The average Bonchev–Trinajstić information content (AvgIpc) is 2.93. The summed E-state index contributed by atoms with van der Waals surface area (Å²) in [6, 6.07) is 6.44. The fourth-order valence-corrected chi connectivity index (χ4v) is 2.81. The fraction of sp³-hybridized carbons (Fsp3) is 0.471. The van der Waals surface area contributed by atoms with Crippen molar-refractivity contribution in [1.82, 2.24) is 14.9 Å². The van der Waals surface area contributed by atoms with Crippen LogP contribution < -0.4 is 5.32 Å². The minimum Gasteiger partial charge on any atom is -0.335 e. The highest BCUT2D eigenvalue weighted by Crippen LogP contribution is 2.28. The smallest absolute Gasteiger partial charge is 0.110 e. The van der Waals surface area contributed by atoms with Gasteiger partial charge in [-0.1, -0.05) is 36.7 Å². The minimum absolute atomic E-state index is 0.199. The van der Waals surface area contributed by atoms with E-state index in [1.807, 2.05) is 12.4 Å². The third kappa shape index (κ3) is 3.86. The van der Waals surface area contributed by atoms with Gasteiger partial charge in [-0.25, -0.2) is 4.98 Å². The Labute approximate surface area is 132 Å². The van der Waals surface area contributed by atoms with Gasteiger partial charge in [-0.3, -0.25) is 0 Å². The lowest BCUT2D eigenvalue weighted by Gasteiger charge is -2.21. The van der Waals surface area contributed by atoms with Crippen LogP contribution >= 0.6 is 11.6 Å². The molecule has 0 aliphatic carbocycles. The standard InChI is InChI=1S/C17H24ClN3/c1-4-9-19-15(12-16-20-10-11-21(16)5-2)14-8-6-7-13(3)17(14)18/h6-8,10-11,15,19H,4-5,9,12H2,1-3H3. The topological polar surface area (TPSA) is 29.9 Å². The number of halogens is 1. The van der Waals surface area contributed by atoms with Crippen molar-refractivity contribution in [2.75, 3.05) is 6.54 Å². The van der Waals surface area contributed by atoms with E-state index >= 15 is 0 Å². The van der Waals surface area contributed by atoms with Crippen molar-refractivity contribution in [3.8, 4) is 0 Å². The van der Waals surface area contributed by atoms with Crippen LogP contribution in [-0.2, 0) is 13.0 Å². The third-order valence-electron chi connectivity index (χ3n) is 3.77. The third-order valence-corrected chi connectivity index (χ3v) is 4.28. The predicted molar refractivity (Wildman–Crippen MR) is 88.8 cm³/mol. The van der Waals surface area contributed by atoms with E-state index in [4.69, 9.17) is 11.6 Å². The van der Waals surface area contributed by atoms with Crippen LogP contribution in [0, 0.1) is 6.92 Å². The summed E-state index contributed by atoms with van der Waals surface area (Å²) in [6.07, 6.45) is 5.85. The van der Waals surface area contributed by atoms with Gasteiger partial charge in [0.25, 0.3) is 0 Å². The maximum Gasteiger partial charge on any atom is 0.110 e. The Balaban J connectivity index is 2.28. The van der Waals surface area contributed by atoms with Gasteiger partial charge in [-0.15, -0.1) is 0 Å². The van der Waals surface area contributed by atoms with Gasteiger partial charge in [-0.05, 0) is 37.9 Å². The molecule has 0 fully saturated rings. The molecule has 1 N–H and O–H groups in total. The van der Waals surface area contributed by atoms with Crippen LogP contribution in [0.2, 0.25) is 5.02 Å². The lowest BCUT2D eigenvalue weighted by Crippen LogP contribution is -2.25. The minimum atomic E-state index is 0.199. The molecule has 3 nitrogen and oxygen atoms in total. The van der Waals surface area contributed by atoms with Crippen molar-refractivity contribution in [1.29, 1.82) is 0 Å². The first-order chi connectivity index (χ1) is 10.2. The van der Waals surface area contributed by atoms with Gasteiger partial charge >= 0.3 is 0 Å². The zero-order valence-electron chi connectivity index (χ0n) is 13.1. The van der Waals surface area contributed by atoms with Crippen LogP contribution in [0.15, 0.2) is 30.6 Å². The SMILES string of the molecule is CCCNC(Cc1nccn1CC)c1cccc(C)c1Cl. The van der Waals surface area contributed by atoms with Gasteiger partial charge in [-0.2, -0.15) is 0 Å². The molecule has 0 aliphatic heterocycles. The second kappa shape index (κ2) is 7.62. The first-order valence-corrected chi connectivity index (χ1v) is 8.03. The number of nitrogens with one attached hydrogen (secondary N) is 1. The van der Waals surface area contributed by atoms with Crippen molar-refractivity contribution in [3.63, 3.8) is 0 Å². The van der Waals surface area contributed by atoms with E-state index < -0.39 is 0 Å². The normalized spacial score (nSPS) is 12.6. The predicted octanol–water partition coefficient (Wildman–Crippen LogP) is 4.15. The van der Waals surface area contributed by atoms with Gasteiger partial charge in [0, 0.05) is 36.4 Å². The van der Waals surface area contributed by atoms with Crippen LogP contribution in [0.3, 0.4) is 0 Å². The molecule has 4 heteroatoms. The molecular weight excluding hydrogens is 282 g/mol. The van der Waals surface area contributed by atoms with E-state index in [0.29, 0.717) is 0 Å². The van der Waals surface area contributed by atoms with Gasteiger partial charge in [0.1, 0.15) is 5.82 Å². The van der Waals surface area contributed by atoms with Crippen molar-refractivity contribution in [3.05, 3.63) is 52.6 Å². The average molecular weight is 306 g/mol. The van der Waals surface area contributed by atoms with Crippen molar-refractivity contribution in [2.45, 2.75) is 46.2 Å². The number of imidazole rings is 1. The van der Waals surface area contributed by atoms with Gasteiger partial charge in [0.15, 0.2) is 0 Å². The van der Waals surface area contributed by atoms with Crippen molar-refractivity contribution >= 4 is 11.6 Å². The van der Waals surface area contributed by atoms with Crippen LogP contribution in [0.5, 0.6) is 0 Å². The van der Waals surface area contributed by atoms with E-state index in [9.17, 15) is 0 Å². The summed E-state index contributed by atoms with van der Waals surface area (Å²) in [6.45, 7) is 8.28. The largest absolute Gasteiger partial charge is 0.335 e. The molecule has 1 aromatic carbocycles. The Morgan fingerprint density at radius 3 is 2.86 bits per heavy atom. The Bertz CT molecular complexity index is 577. The van der Waals surface area contributed by atoms with Gasteiger partial charge < -0.3 is 9.88 Å². The maximum atomic E-state index is 6.51. The molecule has 21 heavy (non-hydrogen) atoms. The van der Waals surface area contributed by atoms with Crippen LogP contribution in [0.25, 0.3) is 0 Å². The van der Waals surface area contributed by atoms with Crippen molar-refractivity contribution in [2.24, 2.45) is 0 Å². The highest BCUT2D eigenvalue weighted by molar-refractivity contribution is 6.32. The molecular formula is C17H24ClN3. The van der Waals surface area contributed by atoms with E-state index in [1.54, 1.807) is 0 Å². The highest BCUT2D eigenvalue weighted by Gasteiger charge is 2.17. The quantitative estimate of drug-likeness (QED) is 0.833. The molecule has 0 saturated carbocycles. The Morgan fingerprint density at radius 1 is 1.33 bits per heavy atom. The zero-order valence-corrected chi connectivity index (χ0v) is 13.8.